The molecule has 2 N–H and O–H groups in total. The summed E-state index contributed by atoms with van der Waals surface area (Å²) in [7, 11) is 0. The van der Waals surface area contributed by atoms with Crippen molar-refractivity contribution in [1.29, 1.82) is 0 Å². The first-order valence-electron chi connectivity index (χ1n) is 7.09. The lowest BCUT2D eigenvalue weighted by Crippen LogP contribution is -2.13. The van der Waals surface area contributed by atoms with Crippen LogP contribution in [0.15, 0.2) is 36.4 Å². The third-order valence-electron chi connectivity index (χ3n) is 4.15. The van der Waals surface area contributed by atoms with Crippen LogP contribution in [0.5, 0.6) is 11.5 Å². The van der Waals surface area contributed by atoms with Crippen molar-refractivity contribution in [1.82, 2.24) is 0 Å². The van der Waals surface area contributed by atoms with Crippen LogP contribution in [-0.2, 0) is 12.8 Å². The number of benzene rings is 2. The zero-order valence-electron chi connectivity index (χ0n) is 11.3. The largest absolute Gasteiger partial charge is 0.493 e. The van der Waals surface area contributed by atoms with Gasteiger partial charge in [0, 0.05) is 18.4 Å². The number of fused-ring (bicyclic) bond motifs is 2. The Labute approximate surface area is 118 Å². The molecule has 1 atom stereocenters. The topological polar surface area (TPSA) is 44.5 Å². The van der Waals surface area contributed by atoms with Crippen LogP contribution < -0.4 is 15.2 Å². The number of ether oxygens (including phenoxy) is 2. The smallest absolute Gasteiger partial charge is 0.127 e. The minimum absolute atomic E-state index is 0.144. The van der Waals surface area contributed by atoms with E-state index < -0.39 is 0 Å². The Hall–Kier alpha value is -2.00. The predicted molar refractivity (Wildman–Crippen MR) is 77.3 cm³/mol. The molecule has 0 saturated carbocycles. The number of para-hydroxylation sites is 1. The Bertz CT molecular complexity index is 666. The van der Waals surface area contributed by atoms with E-state index in [0.717, 1.165) is 48.7 Å². The molecule has 3 nitrogen and oxygen atoms in total. The molecule has 0 amide bonds. The lowest BCUT2D eigenvalue weighted by atomic mass is 9.95. The van der Waals surface area contributed by atoms with Crippen LogP contribution in [0.2, 0.25) is 0 Å². The van der Waals surface area contributed by atoms with Gasteiger partial charge in [-0.05, 0) is 22.8 Å². The average molecular weight is 267 g/mol. The molecule has 4 rings (SSSR count). The van der Waals surface area contributed by atoms with Crippen LogP contribution >= 0.6 is 0 Å². The summed E-state index contributed by atoms with van der Waals surface area (Å²) in [6, 6.07) is 12.4. The molecule has 2 aliphatic heterocycles. The number of hydrogen-bond donors (Lipinski definition) is 1. The Morgan fingerprint density at radius 1 is 0.950 bits per heavy atom. The van der Waals surface area contributed by atoms with E-state index in [2.05, 4.69) is 30.3 Å². The lowest BCUT2D eigenvalue weighted by molar-refractivity contribution is 0.352. The van der Waals surface area contributed by atoms with Gasteiger partial charge in [-0.2, -0.15) is 0 Å². The maximum atomic E-state index is 6.46. The highest BCUT2D eigenvalue weighted by molar-refractivity contribution is 5.50. The third-order valence-corrected chi connectivity index (χ3v) is 4.15. The average Bonchev–Trinajstić information content (AvgIpc) is 3.13. The second-order valence-electron chi connectivity index (χ2n) is 5.38. The highest BCUT2D eigenvalue weighted by Gasteiger charge is 2.22. The highest BCUT2D eigenvalue weighted by Crippen LogP contribution is 2.36. The first-order valence-corrected chi connectivity index (χ1v) is 7.09. The Balaban J connectivity index is 1.74. The molecule has 2 aromatic rings. The molecule has 0 spiro atoms. The van der Waals surface area contributed by atoms with E-state index in [-0.39, 0.29) is 6.04 Å². The van der Waals surface area contributed by atoms with E-state index in [9.17, 15) is 0 Å². The van der Waals surface area contributed by atoms with E-state index >= 15 is 0 Å². The Morgan fingerprint density at radius 3 is 2.75 bits per heavy atom. The zero-order valence-corrected chi connectivity index (χ0v) is 11.3. The van der Waals surface area contributed by atoms with Crippen LogP contribution in [0.25, 0.3) is 0 Å². The van der Waals surface area contributed by atoms with E-state index in [4.69, 9.17) is 15.2 Å². The molecule has 2 heterocycles. The van der Waals surface area contributed by atoms with Crippen LogP contribution in [-0.4, -0.2) is 13.2 Å². The van der Waals surface area contributed by atoms with Gasteiger partial charge >= 0.3 is 0 Å². The maximum absolute atomic E-state index is 6.46. The Morgan fingerprint density at radius 2 is 1.80 bits per heavy atom. The maximum Gasteiger partial charge on any atom is 0.127 e. The molecular weight excluding hydrogens is 250 g/mol. The summed E-state index contributed by atoms with van der Waals surface area (Å²) in [4.78, 5) is 0. The van der Waals surface area contributed by atoms with E-state index in [1.54, 1.807) is 0 Å². The minimum Gasteiger partial charge on any atom is -0.493 e. The van der Waals surface area contributed by atoms with Crippen molar-refractivity contribution < 1.29 is 9.47 Å². The fraction of sp³-hybridized carbons (Fsp3) is 0.294. The van der Waals surface area contributed by atoms with E-state index in [0.29, 0.717) is 0 Å². The summed E-state index contributed by atoms with van der Waals surface area (Å²) in [5.74, 6) is 1.98. The van der Waals surface area contributed by atoms with Gasteiger partial charge in [0.15, 0.2) is 0 Å². The van der Waals surface area contributed by atoms with Crippen LogP contribution in [0, 0.1) is 0 Å². The van der Waals surface area contributed by atoms with Gasteiger partial charge in [0.1, 0.15) is 11.5 Å². The van der Waals surface area contributed by atoms with Crippen molar-refractivity contribution in [2.24, 2.45) is 5.73 Å². The van der Waals surface area contributed by atoms with Gasteiger partial charge in [0.2, 0.25) is 0 Å². The van der Waals surface area contributed by atoms with Gasteiger partial charge in [-0.1, -0.05) is 30.3 Å². The molecule has 102 valence electrons. The summed E-state index contributed by atoms with van der Waals surface area (Å²) < 4.78 is 11.3. The van der Waals surface area contributed by atoms with Crippen LogP contribution in [0.4, 0.5) is 0 Å². The first kappa shape index (κ1) is 11.8. The minimum atomic E-state index is -0.144. The van der Waals surface area contributed by atoms with Crippen molar-refractivity contribution in [2.45, 2.75) is 18.9 Å². The number of hydrogen-bond acceptors (Lipinski definition) is 3. The van der Waals surface area contributed by atoms with Gasteiger partial charge in [0.25, 0.3) is 0 Å². The van der Waals surface area contributed by atoms with Crippen molar-refractivity contribution in [3.8, 4) is 11.5 Å². The zero-order chi connectivity index (χ0) is 13.5. The van der Waals surface area contributed by atoms with E-state index in [1.165, 1.54) is 11.1 Å². The van der Waals surface area contributed by atoms with Gasteiger partial charge in [-0.3, -0.25) is 0 Å². The highest BCUT2D eigenvalue weighted by atomic mass is 16.5. The molecular formula is C17H17NO2. The quantitative estimate of drug-likeness (QED) is 0.909. The first-order chi connectivity index (χ1) is 9.83. The summed E-state index contributed by atoms with van der Waals surface area (Å²) in [5, 5.41) is 0. The fourth-order valence-electron chi connectivity index (χ4n) is 3.07. The van der Waals surface area contributed by atoms with Crippen molar-refractivity contribution in [3.63, 3.8) is 0 Å². The standard InChI is InChI=1S/C17H17NO2/c18-16(13-4-5-15-12(10-13)7-8-19-15)14-3-1-2-11-6-9-20-17(11)14/h1-5,10,16H,6-9,18H2. The number of nitrogens with two attached hydrogens (primary N) is 1. The van der Waals surface area contributed by atoms with Gasteiger partial charge in [0.05, 0.1) is 19.3 Å². The molecule has 0 fully saturated rings. The van der Waals surface area contributed by atoms with Gasteiger partial charge < -0.3 is 15.2 Å². The SMILES string of the molecule is NC(c1ccc2c(c1)CCO2)c1cccc2c1OCC2. The third kappa shape index (κ3) is 1.78. The van der Waals surface area contributed by atoms with Gasteiger partial charge in [-0.25, -0.2) is 0 Å². The molecule has 2 aliphatic rings. The normalized spacial score (nSPS) is 17.1. The Kier molecular flexibility index (Phi) is 2.67. The summed E-state index contributed by atoms with van der Waals surface area (Å²) >= 11 is 0. The van der Waals surface area contributed by atoms with Crippen molar-refractivity contribution in [2.75, 3.05) is 13.2 Å². The molecule has 20 heavy (non-hydrogen) atoms. The second kappa shape index (κ2) is 4.53. The molecule has 0 bridgehead atoms. The molecule has 0 radical (unpaired) electrons. The molecule has 0 aliphatic carbocycles. The molecule has 0 aromatic heterocycles. The summed E-state index contributed by atoms with van der Waals surface area (Å²) in [6.07, 6.45) is 1.95. The number of rotatable bonds is 2. The fourth-order valence-corrected chi connectivity index (χ4v) is 3.07. The molecule has 1 unspecified atom stereocenters. The van der Waals surface area contributed by atoms with E-state index in [1.807, 2.05) is 6.07 Å². The lowest BCUT2D eigenvalue weighted by Gasteiger charge is -2.16. The van der Waals surface area contributed by atoms with Crippen molar-refractivity contribution >= 4 is 0 Å². The summed E-state index contributed by atoms with van der Waals surface area (Å²) in [5.41, 5.74) is 11.2. The molecule has 2 aromatic carbocycles. The van der Waals surface area contributed by atoms with Crippen LogP contribution in [0.1, 0.15) is 28.3 Å². The molecule has 3 heteroatoms. The van der Waals surface area contributed by atoms with Crippen LogP contribution in [0.3, 0.4) is 0 Å². The predicted octanol–water partition coefficient (Wildman–Crippen LogP) is 2.60. The van der Waals surface area contributed by atoms with Crippen molar-refractivity contribution in [3.05, 3.63) is 58.7 Å². The van der Waals surface area contributed by atoms with Gasteiger partial charge in [-0.15, -0.1) is 0 Å². The second-order valence-corrected chi connectivity index (χ2v) is 5.38. The summed E-state index contributed by atoms with van der Waals surface area (Å²) in [6.45, 7) is 1.54. The molecule has 0 saturated heterocycles. The monoisotopic (exact) mass is 267 g/mol.